The van der Waals surface area contributed by atoms with E-state index < -0.39 is 11.8 Å². The molecule has 0 radical (unpaired) electrons. The molecule has 3 rings (SSSR count). The standard InChI is InChI=1S/C18H16N2O2S2/c1-10-4-5-13(8-12(10)3)20-17(22)14(16(21)19-18(20)23)9-15-11(2)6-7-24-15/h4-9H,1-3H3,(H,19,21,23)/b14-9+. The number of benzene rings is 1. The van der Waals surface area contributed by atoms with Crippen molar-refractivity contribution in [2.45, 2.75) is 20.8 Å². The second-order valence-electron chi connectivity index (χ2n) is 5.69. The molecular formula is C18H16N2O2S2. The fourth-order valence-electron chi connectivity index (χ4n) is 2.42. The van der Waals surface area contributed by atoms with Crippen LogP contribution < -0.4 is 10.2 Å². The maximum absolute atomic E-state index is 12.9. The predicted octanol–water partition coefficient (Wildman–Crippen LogP) is 3.50. The van der Waals surface area contributed by atoms with Crippen LogP contribution in [0.5, 0.6) is 0 Å². The zero-order chi connectivity index (χ0) is 17.4. The number of aryl methyl sites for hydroxylation is 3. The van der Waals surface area contributed by atoms with E-state index in [1.807, 2.05) is 50.4 Å². The number of thiocarbonyl (C=S) groups is 1. The molecule has 0 aliphatic carbocycles. The molecule has 1 saturated heterocycles. The van der Waals surface area contributed by atoms with E-state index in [4.69, 9.17) is 12.2 Å². The summed E-state index contributed by atoms with van der Waals surface area (Å²) in [4.78, 5) is 27.4. The Morgan fingerprint density at radius 3 is 2.46 bits per heavy atom. The largest absolute Gasteiger partial charge is 0.298 e. The van der Waals surface area contributed by atoms with Crippen molar-refractivity contribution in [2.75, 3.05) is 4.90 Å². The monoisotopic (exact) mass is 356 g/mol. The number of carbonyl (C=O) groups is 2. The molecule has 1 aliphatic rings. The highest BCUT2D eigenvalue weighted by Crippen LogP contribution is 2.26. The smallest absolute Gasteiger partial charge is 0.270 e. The number of carbonyl (C=O) groups excluding carboxylic acids is 2. The van der Waals surface area contributed by atoms with Crippen molar-refractivity contribution < 1.29 is 9.59 Å². The highest BCUT2D eigenvalue weighted by Gasteiger charge is 2.34. The minimum Gasteiger partial charge on any atom is -0.298 e. The summed E-state index contributed by atoms with van der Waals surface area (Å²) in [7, 11) is 0. The molecule has 1 N–H and O–H groups in total. The van der Waals surface area contributed by atoms with Crippen LogP contribution in [-0.2, 0) is 9.59 Å². The fourth-order valence-corrected chi connectivity index (χ4v) is 3.56. The van der Waals surface area contributed by atoms with E-state index in [1.54, 1.807) is 6.08 Å². The molecule has 2 amide bonds. The summed E-state index contributed by atoms with van der Waals surface area (Å²) >= 11 is 6.70. The van der Waals surface area contributed by atoms with E-state index in [1.165, 1.54) is 16.2 Å². The molecule has 1 fully saturated rings. The quantitative estimate of drug-likeness (QED) is 0.509. The lowest BCUT2D eigenvalue weighted by atomic mass is 10.1. The van der Waals surface area contributed by atoms with Crippen LogP contribution in [0.3, 0.4) is 0 Å². The lowest BCUT2D eigenvalue weighted by Gasteiger charge is -2.29. The molecule has 24 heavy (non-hydrogen) atoms. The molecule has 2 aromatic rings. The number of rotatable bonds is 2. The number of thiophene rings is 1. The summed E-state index contributed by atoms with van der Waals surface area (Å²) in [6.07, 6.45) is 1.63. The number of anilines is 1. The van der Waals surface area contributed by atoms with E-state index in [9.17, 15) is 9.59 Å². The Morgan fingerprint density at radius 1 is 1.08 bits per heavy atom. The molecule has 2 heterocycles. The molecule has 0 spiro atoms. The number of hydrogen-bond donors (Lipinski definition) is 1. The Bertz CT molecular complexity index is 896. The molecule has 6 heteroatoms. The Hall–Kier alpha value is -2.31. The minimum atomic E-state index is -0.460. The van der Waals surface area contributed by atoms with E-state index in [0.717, 1.165) is 21.6 Å². The van der Waals surface area contributed by atoms with Gasteiger partial charge in [0.1, 0.15) is 5.57 Å². The van der Waals surface area contributed by atoms with Crippen molar-refractivity contribution in [2.24, 2.45) is 0 Å². The van der Waals surface area contributed by atoms with Crippen LogP contribution in [0.1, 0.15) is 21.6 Å². The first-order valence-corrected chi connectivity index (χ1v) is 8.70. The van der Waals surface area contributed by atoms with Gasteiger partial charge in [0.2, 0.25) is 0 Å². The Balaban J connectivity index is 2.04. The van der Waals surface area contributed by atoms with Crippen molar-refractivity contribution >= 4 is 52.2 Å². The number of nitrogens with one attached hydrogen (secondary N) is 1. The summed E-state index contributed by atoms with van der Waals surface area (Å²) in [5.41, 5.74) is 3.95. The normalized spacial score (nSPS) is 16.7. The van der Waals surface area contributed by atoms with E-state index >= 15 is 0 Å². The Morgan fingerprint density at radius 2 is 1.83 bits per heavy atom. The van der Waals surface area contributed by atoms with Crippen molar-refractivity contribution in [3.63, 3.8) is 0 Å². The molecule has 1 aromatic heterocycles. The van der Waals surface area contributed by atoms with E-state index in [2.05, 4.69) is 5.32 Å². The Labute approximate surface area is 149 Å². The molecule has 1 aliphatic heterocycles. The van der Waals surface area contributed by atoms with E-state index in [0.29, 0.717) is 5.69 Å². The average Bonchev–Trinajstić information content (AvgIpc) is 2.92. The first-order chi connectivity index (χ1) is 11.4. The van der Waals surface area contributed by atoms with Gasteiger partial charge in [-0.2, -0.15) is 0 Å². The van der Waals surface area contributed by atoms with Gasteiger partial charge in [-0.3, -0.25) is 19.8 Å². The summed E-state index contributed by atoms with van der Waals surface area (Å²) in [6.45, 7) is 5.92. The third-order valence-electron chi connectivity index (χ3n) is 4.03. The van der Waals surface area contributed by atoms with Crippen LogP contribution in [0.4, 0.5) is 5.69 Å². The third kappa shape index (κ3) is 2.90. The second-order valence-corrected chi connectivity index (χ2v) is 7.03. The summed E-state index contributed by atoms with van der Waals surface area (Å²) < 4.78 is 0. The van der Waals surface area contributed by atoms with Gasteiger partial charge in [0.05, 0.1) is 5.69 Å². The van der Waals surface area contributed by atoms with Gasteiger partial charge in [0.25, 0.3) is 11.8 Å². The first kappa shape index (κ1) is 16.5. The number of hydrogen-bond acceptors (Lipinski definition) is 4. The van der Waals surface area contributed by atoms with Crippen LogP contribution in [0, 0.1) is 20.8 Å². The van der Waals surface area contributed by atoms with Gasteiger partial charge in [-0.05, 0) is 79.3 Å². The summed E-state index contributed by atoms with van der Waals surface area (Å²) in [5.74, 6) is -0.863. The lowest BCUT2D eigenvalue weighted by Crippen LogP contribution is -2.54. The lowest BCUT2D eigenvalue weighted by molar-refractivity contribution is -0.122. The maximum Gasteiger partial charge on any atom is 0.270 e. The third-order valence-corrected chi connectivity index (χ3v) is 5.28. The van der Waals surface area contributed by atoms with Gasteiger partial charge in [-0.1, -0.05) is 6.07 Å². The van der Waals surface area contributed by atoms with Crippen LogP contribution >= 0.6 is 23.6 Å². The average molecular weight is 356 g/mol. The molecule has 0 bridgehead atoms. The predicted molar refractivity (Wildman–Crippen MR) is 101 cm³/mol. The van der Waals surface area contributed by atoms with Gasteiger partial charge in [0, 0.05) is 4.88 Å². The van der Waals surface area contributed by atoms with Crippen LogP contribution in [0.15, 0.2) is 35.2 Å². The first-order valence-electron chi connectivity index (χ1n) is 7.41. The molecule has 0 atom stereocenters. The number of amides is 2. The molecule has 0 saturated carbocycles. The van der Waals surface area contributed by atoms with Gasteiger partial charge in [-0.25, -0.2) is 0 Å². The van der Waals surface area contributed by atoms with Crippen molar-refractivity contribution in [1.82, 2.24) is 5.32 Å². The van der Waals surface area contributed by atoms with Gasteiger partial charge >= 0.3 is 0 Å². The van der Waals surface area contributed by atoms with Crippen molar-refractivity contribution in [1.29, 1.82) is 0 Å². The molecule has 1 aromatic carbocycles. The van der Waals surface area contributed by atoms with Crippen LogP contribution in [-0.4, -0.2) is 16.9 Å². The fraction of sp³-hybridized carbons (Fsp3) is 0.167. The van der Waals surface area contributed by atoms with Crippen molar-refractivity contribution in [3.05, 3.63) is 56.8 Å². The highest BCUT2D eigenvalue weighted by molar-refractivity contribution is 7.80. The molecule has 0 unspecified atom stereocenters. The topological polar surface area (TPSA) is 49.4 Å². The maximum atomic E-state index is 12.9. The van der Waals surface area contributed by atoms with Gasteiger partial charge in [-0.15, -0.1) is 11.3 Å². The number of nitrogens with zero attached hydrogens (tertiary/aromatic N) is 1. The zero-order valence-electron chi connectivity index (χ0n) is 13.5. The molecule has 4 nitrogen and oxygen atoms in total. The van der Waals surface area contributed by atoms with Gasteiger partial charge in [0.15, 0.2) is 5.11 Å². The van der Waals surface area contributed by atoms with Crippen molar-refractivity contribution in [3.8, 4) is 0 Å². The summed E-state index contributed by atoms with van der Waals surface area (Å²) in [5, 5.41) is 4.64. The SMILES string of the molecule is Cc1ccc(N2C(=O)/C(=C/c3sccc3C)C(=O)NC2=S)cc1C. The van der Waals surface area contributed by atoms with Gasteiger partial charge < -0.3 is 0 Å². The Kier molecular flexibility index (Phi) is 4.34. The zero-order valence-corrected chi connectivity index (χ0v) is 15.2. The second kappa shape index (κ2) is 6.30. The molecule has 122 valence electrons. The summed E-state index contributed by atoms with van der Waals surface area (Å²) in [6, 6.07) is 7.61. The van der Waals surface area contributed by atoms with Crippen LogP contribution in [0.2, 0.25) is 0 Å². The van der Waals surface area contributed by atoms with E-state index in [-0.39, 0.29) is 10.7 Å². The minimum absolute atomic E-state index is 0.0902. The highest BCUT2D eigenvalue weighted by atomic mass is 32.1. The molecular weight excluding hydrogens is 340 g/mol. The van der Waals surface area contributed by atoms with Crippen LogP contribution in [0.25, 0.3) is 6.08 Å².